The topological polar surface area (TPSA) is 95.0 Å². The molecule has 1 aliphatic rings. The second kappa shape index (κ2) is 6.75. The molecule has 1 aromatic heterocycles. The molecule has 0 amide bonds. The lowest BCUT2D eigenvalue weighted by atomic mass is 9.96. The van der Waals surface area contributed by atoms with Gasteiger partial charge in [0.1, 0.15) is 0 Å². The van der Waals surface area contributed by atoms with E-state index in [1.54, 1.807) is 0 Å². The maximum absolute atomic E-state index is 8.92. The number of aromatic nitrogens is 3. The minimum Gasteiger partial charge on any atom is -0.351 e. The molecule has 0 spiro atoms. The van der Waals surface area contributed by atoms with E-state index in [-0.39, 0.29) is 5.95 Å². The lowest BCUT2D eigenvalue weighted by molar-refractivity contribution is 0.382. The highest BCUT2D eigenvalue weighted by molar-refractivity contribution is 5.42. The van der Waals surface area contributed by atoms with Gasteiger partial charge in [0.05, 0.1) is 6.54 Å². The highest BCUT2D eigenvalue weighted by Gasteiger charge is 2.15. The third kappa shape index (κ3) is 3.96. The van der Waals surface area contributed by atoms with Crippen LogP contribution in [0, 0.1) is 12.3 Å². The number of hydrogen-bond acceptors (Lipinski definition) is 7. The molecule has 1 saturated carbocycles. The summed E-state index contributed by atoms with van der Waals surface area (Å²) < 4.78 is 0. The van der Waals surface area contributed by atoms with Gasteiger partial charge in [-0.1, -0.05) is 25.2 Å². The maximum atomic E-state index is 8.92. The largest absolute Gasteiger partial charge is 0.351 e. The van der Waals surface area contributed by atoms with Crippen molar-refractivity contribution in [2.75, 3.05) is 22.7 Å². The van der Waals surface area contributed by atoms with Crippen LogP contribution in [0.4, 0.5) is 17.8 Å². The SMILES string of the molecule is C#CCNc1nc(NO)nc(NC2CCCCC2)n1. The van der Waals surface area contributed by atoms with E-state index in [0.29, 0.717) is 24.5 Å². The zero-order valence-corrected chi connectivity index (χ0v) is 10.7. The summed E-state index contributed by atoms with van der Waals surface area (Å²) in [6, 6.07) is 0.378. The van der Waals surface area contributed by atoms with Gasteiger partial charge in [-0.2, -0.15) is 15.0 Å². The number of anilines is 3. The predicted octanol–water partition coefficient (Wildman–Crippen LogP) is 1.46. The fourth-order valence-electron chi connectivity index (χ4n) is 2.13. The van der Waals surface area contributed by atoms with Crippen molar-refractivity contribution in [3.05, 3.63) is 0 Å². The molecule has 7 nitrogen and oxygen atoms in total. The van der Waals surface area contributed by atoms with Gasteiger partial charge < -0.3 is 10.6 Å². The summed E-state index contributed by atoms with van der Waals surface area (Å²) in [6.45, 7) is 0.317. The third-order valence-corrected chi connectivity index (χ3v) is 3.02. The van der Waals surface area contributed by atoms with Gasteiger partial charge in [0.15, 0.2) is 0 Å². The third-order valence-electron chi connectivity index (χ3n) is 3.02. The molecular weight excluding hydrogens is 244 g/mol. The van der Waals surface area contributed by atoms with E-state index < -0.39 is 0 Å². The van der Waals surface area contributed by atoms with E-state index in [0.717, 1.165) is 12.8 Å². The summed E-state index contributed by atoms with van der Waals surface area (Å²) in [5.41, 5.74) is 1.93. The van der Waals surface area contributed by atoms with Gasteiger partial charge in [0.25, 0.3) is 5.95 Å². The lowest BCUT2D eigenvalue weighted by Crippen LogP contribution is -2.24. The molecule has 7 heteroatoms. The van der Waals surface area contributed by atoms with Crippen LogP contribution in [0.25, 0.3) is 0 Å². The van der Waals surface area contributed by atoms with E-state index in [9.17, 15) is 0 Å². The summed E-state index contributed by atoms with van der Waals surface area (Å²) in [6.07, 6.45) is 11.1. The van der Waals surface area contributed by atoms with Crippen molar-refractivity contribution in [3.63, 3.8) is 0 Å². The summed E-state index contributed by atoms with van der Waals surface area (Å²) in [5.74, 6) is 3.31. The standard InChI is InChI=1S/C12H18N6O/c1-2-8-13-10-15-11(17-12(16-10)18-19)14-9-6-4-3-5-7-9/h1,9,19H,3-8H2,(H3,13,14,15,16,17,18). The fourth-order valence-corrected chi connectivity index (χ4v) is 2.13. The molecule has 1 heterocycles. The van der Waals surface area contributed by atoms with Crippen LogP contribution in [0.3, 0.4) is 0 Å². The van der Waals surface area contributed by atoms with Crippen LogP contribution in [0.15, 0.2) is 0 Å². The van der Waals surface area contributed by atoms with Crippen LogP contribution in [-0.4, -0.2) is 32.7 Å². The summed E-state index contributed by atoms with van der Waals surface area (Å²) in [7, 11) is 0. The Kier molecular flexibility index (Phi) is 4.75. The van der Waals surface area contributed by atoms with Crippen molar-refractivity contribution in [1.82, 2.24) is 15.0 Å². The van der Waals surface area contributed by atoms with Crippen molar-refractivity contribution in [2.45, 2.75) is 38.1 Å². The molecule has 102 valence electrons. The van der Waals surface area contributed by atoms with Crippen molar-refractivity contribution >= 4 is 17.8 Å². The molecule has 19 heavy (non-hydrogen) atoms. The van der Waals surface area contributed by atoms with Crippen LogP contribution in [0.2, 0.25) is 0 Å². The Labute approximate surface area is 112 Å². The first kappa shape index (κ1) is 13.4. The molecule has 0 aliphatic heterocycles. The first-order valence-electron chi connectivity index (χ1n) is 6.42. The molecule has 0 radical (unpaired) electrons. The van der Waals surface area contributed by atoms with E-state index in [4.69, 9.17) is 11.6 Å². The smallest absolute Gasteiger partial charge is 0.253 e. The number of nitrogens with zero attached hydrogens (tertiary/aromatic N) is 3. The molecule has 2 rings (SSSR count). The fraction of sp³-hybridized carbons (Fsp3) is 0.583. The van der Waals surface area contributed by atoms with Crippen LogP contribution >= 0.6 is 0 Å². The summed E-state index contributed by atoms with van der Waals surface area (Å²) >= 11 is 0. The Bertz CT molecular complexity index is 452. The van der Waals surface area contributed by atoms with Gasteiger partial charge in [-0.25, -0.2) is 5.48 Å². The van der Waals surface area contributed by atoms with Gasteiger partial charge >= 0.3 is 0 Å². The van der Waals surface area contributed by atoms with E-state index in [2.05, 4.69) is 31.5 Å². The van der Waals surface area contributed by atoms with Crippen LogP contribution in [-0.2, 0) is 0 Å². The molecule has 1 aliphatic carbocycles. The van der Waals surface area contributed by atoms with Crippen LogP contribution in [0.5, 0.6) is 0 Å². The van der Waals surface area contributed by atoms with Gasteiger partial charge in [-0.15, -0.1) is 6.42 Å². The molecule has 4 N–H and O–H groups in total. The molecule has 0 unspecified atom stereocenters. The first-order valence-corrected chi connectivity index (χ1v) is 6.42. The normalized spacial score (nSPS) is 15.6. The average Bonchev–Trinajstić information content (AvgIpc) is 2.46. The highest BCUT2D eigenvalue weighted by atomic mass is 16.5. The molecule has 0 aromatic carbocycles. The zero-order chi connectivity index (χ0) is 13.5. The van der Waals surface area contributed by atoms with Crippen LogP contribution < -0.4 is 16.1 Å². The number of rotatable bonds is 5. The van der Waals surface area contributed by atoms with E-state index in [1.807, 2.05) is 5.48 Å². The predicted molar refractivity (Wildman–Crippen MR) is 73.1 cm³/mol. The number of terminal acetylenes is 1. The van der Waals surface area contributed by atoms with Crippen molar-refractivity contribution in [1.29, 1.82) is 0 Å². The second-order valence-electron chi connectivity index (χ2n) is 4.45. The Hall–Kier alpha value is -2.07. The van der Waals surface area contributed by atoms with Crippen molar-refractivity contribution in [3.8, 4) is 12.3 Å². The Morgan fingerprint density at radius 2 is 1.79 bits per heavy atom. The van der Waals surface area contributed by atoms with Crippen molar-refractivity contribution < 1.29 is 5.21 Å². The molecule has 0 bridgehead atoms. The zero-order valence-electron chi connectivity index (χ0n) is 10.7. The Balaban J connectivity index is 2.07. The first-order chi connectivity index (χ1) is 9.31. The van der Waals surface area contributed by atoms with Crippen LogP contribution in [0.1, 0.15) is 32.1 Å². The van der Waals surface area contributed by atoms with Gasteiger partial charge in [-0.3, -0.25) is 5.21 Å². The Morgan fingerprint density at radius 1 is 1.11 bits per heavy atom. The average molecular weight is 262 g/mol. The molecule has 0 atom stereocenters. The highest BCUT2D eigenvalue weighted by Crippen LogP contribution is 2.20. The van der Waals surface area contributed by atoms with Gasteiger partial charge in [0.2, 0.25) is 11.9 Å². The second-order valence-corrected chi connectivity index (χ2v) is 4.45. The lowest BCUT2D eigenvalue weighted by Gasteiger charge is -2.22. The monoisotopic (exact) mass is 262 g/mol. The van der Waals surface area contributed by atoms with Gasteiger partial charge in [-0.05, 0) is 12.8 Å². The van der Waals surface area contributed by atoms with Crippen molar-refractivity contribution in [2.24, 2.45) is 0 Å². The number of hydrogen-bond donors (Lipinski definition) is 4. The Morgan fingerprint density at radius 3 is 2.47 bits per heavy atom. The molecule has 0 saturated heterocycles. The van der Waals surface area contributed by atoms with E-state index in [1.165, 1.54) is 19.3 Å². The summed E-state index contributed by atoms with van der Waals surface area (Å²) in [5, 5.41) is 15.0. The number of nitrogens with one attached hydrogen (secondary N) is 3. The maximum Gasteiger partial charge on any atom is 0.253 e. The minimum absolute atomic E-state index is 0.0906. The minimum atomic E-state index is 0.0906. The van der Waals surface area contributed by atoms with E-state index >= 15 is 0 Å². The summed E-state index contributed by atoms with van der Waals surface area (Å²) in [4.78, 5) is 12.2. The quantitative estimate of drug-likeness (QED) is 0.471. The molecule has 1 fully saturated rings. The van der Waals surface area contributed by atoms with Gasteiger partial charge in [0, 0.05) is 6.04 Å². The molecule has 1 aromatic rings. The molecular formula is C12H18N6O.